The molecule has 0 aliphatic carbocycles. The second-order valence-electron chi connectivity index (χ2n) is 8.44. The molecule has 2 heteroatoms. The van der Waals surface area contributed by atoms with E-state index in [0.29, 0.717) is 6.04 Å². The molecule has 32 heavy (non-hydrogen) atoms. The Labute approximate surface area is 191 Å². The van der Waals surface area contributed by atoms with Gasteiger partial charge < -0.3 is 9.64 Å². The smallest absolute Gasteiger partial charge is 0.108 e. The number of anilines is 1. The SMILES string of the molecule is c1ccc(C(O[C@H]2CCN(c3ccccc3)[C@@H](c3ccccc3)C2)c2ccccc2)cc1. The van der Waals surface area contributed by atoms with Crippen LogP contribution in [0.2, 0.25) is 0 Å². The molecule has 0 spiro atoms. The van der Waals surface area contributed by atoms with Gasteiger partial charge in [-0.25, -0.2) is 0 Å². The van der Waals surface area contributed by atoms with E-state index in [4.69, 9.17) is 4.74 Å². The largest absolute Gasteiger partial charge is 0.365 e. The van der Waals surface area contributed by atoms with Crippen molar-refractivity contribution in [3.63, 3.8) is 0 Å². The van der Waals surface area contributed by atoms with E-state index < -0.39 is 0 Å². The molecule has 1 heterocycles. The van der Waals surface area contributed by atoms with Crippen LogP contribution in [0.25, 0.3) is 0 Å². The Bertz CT molecular complexity index is 1040. The highest BCUT2D eigenvalue weighted by atomic mass is 16.5. The van der Waals surface area contributed by atoms with E-state index in [-0.39, 0.29) is 12.2 Å². The molecule has 0 saturated carbocycles. The lowest BCUT2D eigenvalue weighted by Gasteiger charge is -2.42. The molecule has 0 bridgehead atoms. The van der Waals surface area contributed by atoms with Gasteiger partial charge in [-0.2, -0.15) is 0 Å². The van der Waals surface area contributed by atoms with Crippen molar-refractivity contribution in [2.24, 2.45) is 0 Å². The molecule has 0 unspecified atom stereocenters. The Kier molecular flexibility index (Phi) is 6.32. The molecule has 4 aromatic carbocycles. The van der Waals surface area contributed by atoms with Crippen LogP contribution in [0.4, 0.5) is 5.69 Å². The molecule has 1 aliphatic heterocycles. The van der Waals surface area contributed by atoms with E-state index in [2.05, 4.69) is 126 Å². The number of para-hydroxylation sites is 1. The third-order valence-corrected chi connectivity index (χ3v) is 6.36. The number of benzene rings is 4. The number of piperidine rings is 1. The summed E-state index contributed by atoms with van der Waals surface area (Å²) in [4.78, 5) is 2.54. The van der Waals surface area contributed by atoms with Crippen molar-refractivity contribution in [2.75, 3.05) is 11.4 Å². The first kappa shape index (κ1) is 20.5. The average molecular weight is 420 g/mol. The normalized spacial score (nSPS) is 18.6. The maximum absolute atomic E-state index is 6.87. The number of hydrogen-bond donors (Lipinski definition) is 0. The lowest BCUT2D eigenvalue weighted by atomic mass is 9.92. The fraction of sp³-hybridized carbons (Fsp3) is 0.200. The Morgan fingerprint density at radius 3 is 1.69 bits per heavy atom. The number of hydrogen-bond acceptors (Lipinski definition) is 2. The number of nitrogens with zero attached hydrogens (tertiary/aromatic N) is 1. The van der Waals surface area contributed by atoms with Gasteiger partial charge in [0.15, 0.2) is 0 Å². The van der Waals surface area contributed by atoms with Crippen molar-refractivity contribution in [3.05, 3.63) is 138 Å². The summed E-state index contributed by atoms with van der Waals surface area (Å²) >= 11 is 0. The first-order valence-electron chi connectivity index (χ1n) is 11.5. The maximum atomic E-state index is 6.87. The minimum Gasteiger partial charge on any atom is -0.365 e. The molecule has 5 rings (SSSR count). The van der Waals surface area contributed by atoms with Gasteiger partial charge in [0.2, 0.25) is 0 Å². The lowest BCUT2D eigenvalue weighted by molar-refractivity contribution is -0.0122. The van der Waals surface area contributed by atoms with Gasteiger partial charge in [-0.15, -0.1) is 0 Å². The first-order valence-corrected chi connectivity index (χ1v) is 11.5. The quantitative estimate of drug-likeness (QED) is 0.327. The molecule has 0 amide bonds. The van der Waals surface area contributed by atoms with E-state index in [9.17, 15) is 0 Å². The Hall–Kier alpha value is -3.36. The van der Waals surface area contributed by atoms with Crippen molar-refractivity contribution in [1.29, 1.82) is 0 Å². The predicted octanol–water partition coefficient (Wildman–Crippen LogP) is 7.20. The molecule has 1 aliphatic rings. The summed E-state index contributed by atoms with van der Waals surface area (Å²) in [6, 6.07) is 43.1. The third kappa shape index (κ3) is 4.61. The minimum atomic E-state index is -0.0536. The monoisotopic (exact) mass is 419 g/mol. The van der Waals surface area contributed by atoms with Crippen LogP contribution in [0.3, 0.4) is 0 Å². The highest BCUT2D eigenvalue weighted by molar-refractivity contribution is 5.49. The zero-order valence-corrected chi connectivity index (χ0v) is 18.3. The number of rotatable bonds is 6. The van der Waals surface area contributed by atoms with Gasteiger partial charge in [-0.3, -0.25) is 0 Å². The highest BCUT2D eigenvalue weighted by Gasteiger charge is 2.32. The highest BCUT2D eigenvalue weighted by Crippen LogP contribution is 2.38. The molecule has 0 N–H and O–H groups in total. The van der Waals surface area contributed by atoms with Gasteiger partial charge in [0.05, 0.1) is 12.1 Å². The van der Waals surface area contributed by atoms with Gasteiger partial charge in [0.1, 0.15) is 6.10 Å². The van der Waals surface area contributed by atoms with Crippen LogP contribution in [0.1, 0.15) is 41.7 Å². The van der Waals surface area contributed by atoms with Gasteiger partial charge in [-0.05, 0) is 41.7 Å². The topological polar surface area (TPSA) is 12.5 Å². The van der Waals surface area contributed by atoms with Crippen molar-refractivity contribution in [1.82, 2.24) is 0 Å². The zero-order valence-electron chi connectivity index (χ0n) is 18.3. The minimum absolute atomic E-state index is 0.0536. The van der Waals surface area contributed by atoms with Crippen LogP contribution in [-0.4, -0.2) is 12.6 Å². The summed E-state index contributed by atoms with van der Waals surface area (Å²) in [5, 5.41) is 0. The lowest BCUT2D eigenvalue weighted by Crippen LogP contribution is -2.40. The Morgan fingerprint density at radius 1 is 0.625 bits per heavy atom. The van der Waals surface area contributed by atoms with Crippen molar-refractivity contribution in [3.8, 4) is 0 Å². The van der Waals surface area contributed by atoms with Crippen LogP contribution in [-0.2, 0) is 4.74 Å². The van der Waals surface area contributed by atoms with E-state index >= 15 is 0 Å². The molecule has 1 saturated heterocycles. The van der Waals surface area contributed by atoms with Gasteiger partial charge in [0, 0.05) is 12.2 Å². The summed E-state index contributed by atoms with van der Waals surface area (Å²) in [6.07, 6.45) is 2.11. The van der Waals surface area contributed by atoms with E-state index in [1.54, 1.807) is 0 Å². The van der Waals surface area contributed by atoms with Crippen LogP contribution in [0.5, 0.6) is 0 Å². The molecule has 160 valence electrons. The van der Waals surface area contributed by atoms with Crippen LogP contribution >= 0.6 is 0 Å². The Balaban J connectivity index is 1.43. The van der Waals surface area contributed by atoms with Crippen molar-refractivity contribution < 1.29 is 4.74 Å². The fourth-order valence-electron chi connectivity index (χ4n) is 4.77. The molecule has 1 fully saturated rings. The van der Waals surface area contributed by atoms with Crippen molar-refractivity contribution in [2.45, 2.75) is 31.1 Å². The second-order valence-corrected chi connectivity index (χ2v) is 8.44. The summed E-state index contributed by atoms with van der Waals surface area (Å²) in [6.45, 7) is 0.977. The summed E-state index contributed by atoms with van der Waals surface area (Å²) < 4.78 is 6.87. The molecule has 2 atom stereocenters. The zero-order chi connectivity index (χ0) is 21.6. The number of ether oxygens (including phenoxy) is 1. The fourth-order valence-corrected chi connectivity index (χ4v) is 4.77. The second kappa shape index (κ2) is 9.84. The molecule has 0 radical (unpaired) electrons. The van der Waals surface area contributed by atoms with Crippen molar-refractivity contribution >= 4 is 5.69 Å². The van der Waals surface area contributed by atoms with E-state index in [0.717, 1.165) is 19.4 Å². The molecule has 0 aromatic heterocycles. The van der Waals surface area contributed by atoms with Gasteiger partial charge >= 0.3 is 0 Å². The molecular formula is C30H29NO. The molecule has 2 nitrogen and oxygen atoms in total. The van der Waals surface area contributed by atoms with Gasteiger partial charge in [0.25, 0.3) is 0 Å². The van der Waals surface area contributed by atoms with Gasteiger partial charge in [-0.1, -0.05) is 109 Å². The maximum Gasteiger partial charge on any atom is 0.108 e. The first-order chi connectivity index (χ1) is 15.9. The van der Waals surface area contributed by atoms with Crippen LogP contribution in [0.15, 0.2) is 121 Å². The standard InChI is InChI=1S/C30H29NO/c1-5-13-24(14-6-1)29-23-28(21-22-31(29)27-19-11-4-12-20-27)32-30(25-15-7-2-8-16-25)26-17-9-3-10-18-26/h1-20,28-30H,21-23H2/t28-,29+/m0/s1. The van der Waals surface area contributed by atoms with E-state index in [1.807, 2.05) is 0 Å². The van der Waals surface area contributed by atoms with Crippen LogP contribution in [0, 0.1) is 0 Å². The summed E-state index contributed by atoms with van der Waals surface area (Å²) in [7, 11) is 0. The average Bonchev–Trinajstić information content (AvgIpc) is 2.89. The molecular weight excluding hydrogens is 390 g/mol. The molecule has 4 aromatic rings. The summed E-state index contributed by atoms with van der Waals surface area (Å²) in [5.74, 6) is 0. The Morgan fingerprint density at radius 2 is 1.12 bits per heavy atom. The predicted molar refractivity (Wildman–Crippen MR) is 132 cm³/mol. The third-order valence-electron chi connectivity index (χ3n) is 6.36. The van der Waals surface area contributed by atoms with Crippen LogP contribution < -0.4 is 4.90 Å². The summed E-state index contributed by atoms with van der Waals surface area (Å²) in [5.41, 5.74) is 5.05. The van der Waals surface area contributed by atoms with E-state index in [1.165, 1.54) is 22.4 Å².